The minimum Gasteiger partial charge on any atom is -0.508 e. The number of rotatable bonds is 2. The molecule has 0 aliphatic heterocycles. The first kappa shape index (κ1) is 9.22. The summed E-state index contributed by atoms with van der Waals surface area (Å²) in [7, 11) is 0. The van der Waals surface area contributed by atoms with Gasteiger partial charge in [-0.2, -0.15) is 0 Å². The molecule has 1 fully saturated rings. The summed E-state index contributed by atoms with van der Waals surface area (Å²) < 4.78 is 0. The van der Waals surface area contributed by atoms with E-state index >= 15 is 0 Å². The first-order valence-corrected chi connectivity index (χ1v) is 5.91. The van der Waals surface area contributed by atoms with Crippen LogP contribution in [0.5, 0.6) is 5.75 Å². The maximum Gasteiger partial charge on any atom is 0.120 e. The largest absolute Gasteiger partial charge is 0.508 e. The van der Waals surface area contributed by atoms with Crippen LogP contribution in [0.2, 0.25) is 0 Å². The monoisotopic (exact) mass is 203 g/mol. The van der Waals surface area contributed by atoms with Crippen LogP contribution in [-0.4, -0.2) is 11.1 Å². The molecule has 1 saturated carbocycles. The highest BCUT2D eigenvalue weighted by Crippen LogP contribution is 2.37. The maximum absolute atomic E-state index is 9.92. The van der Waals surface area contributed by atoms with Crippen molar-refractivity contribution >= 4 is 0 Å². The summed E-state index contributed by atoms with van der Waals surface area (Å²) >= 11 is 0. The predicted octanol–water partition coefficient (Wildman–Crippen LogP) is 2.52. The zero-order valence-electron chi connectivity index (χ0n) is 8.87. The molecule has 1 aromatic rings. The number of phenolic OH excluding ortho intramolecular Hbond substituents is 1. The number of hydrogen-bond acceptors (Lipinski definition) is 2. The van der Waals surface area contributed by atoms with Gasteiger partial charge in [-0.05, 0) is 43.7 Å². The summed E-state index contributed by atoms with van der Waals surface area (Å²) in [6.45, 7) is 0. The number of fused-ring (bicyclic) bond motifs is 1. The lowest BCUT2D eigenvalue weighted by atomic mass is 9.87. The van der Waals surface area contributed by atoms with Crippen LogP contribution in [0.1, 0.15) is 42.9 Å². The van der Waals surface area contributed by atoms with Crippen LogP contribution in [0.15, 0.2) is 18.2 Å². The molecule has 80 valence electrons. The van der Waals surface area contributed by atoms with E-state index in [0.29, 0.717) is 17.8 Å². The van der Waals surface area contributed by atoms with Gasteiger partial charge in [0.2, 0.25) is 0 Å². The number of hydrogen-bond donors (Lipinski definition) is 2. The van der Waals surface area contributed by atoms with Gasteiger partial charge in [-0.3, -0.25) is 0 Å². The van der Waals surface area contributed by atoms with Crippen LogP contribution in [0.25, 0.3) is 0 Å². The molecule has 2 heteroatoms. The molecule has 2 N–H and O–H groups in total. The van der Waals surface area contributed by atoms with Gasteiger partial charge < -0.3 is 10.4 Å². The third-order valence-corrected chi connectivity index (χ3v) is 3.48. The molecule has 0 bridgehead atoms. The first-order valence-electron chi connectivity index (χ1n) is 5.91. The van der Waals surface area contributed by atoms with Crippen molar-refractivity contribution in [2.75, 3.05) is 0 Å². The average molecular weight is 203 g/mol. The molecule has 15 heavy (non-hydrogen) atoms. The minimum absolute atomic E-state index is 0.391. The van der Waals surface area contributed by atoms with E-state index in [2.05, 4.69) is 11.4 Å². The van der Waals surface area contributed by atoms with E-state index in [1.54, 1.807) is 0 Å². The Bertz CT molecular complexity index is 371. The normalized spacial score (nSPS) is 24.9. The molecule has 0 aromatic heterocycles. The van der Waals surface area contributed by atoms with Gasteiger partial charge in [0.15, 0.2) is 0 Å². The molecular weight excluding hydrogens is 186 g/mol. The summed E-state index contributed by atoms with van der Waals surface area (Å²) in [6.07, 6.45) is 6.13. The number of aromatic hydroxyl groups is 1. The zero-order valence-corrected chi connectivity index (χ0v) is 8.87. The van der Waals surface area contributed by atoms with Crippen molar-refractivity contribution in [3.63, 3.8) is 0 Å². The highest BCUT2D eigenvalue weighted by molar-refractivity contribution is 5.43. The third kappa shape index (κ3) is 1.74. The average Bonchev–Trinajstić information content (AvgIpc) is 3.02. The first-order chi connectivity index (χ1) is 7.34. The fourth-order valence-corrected chi connectivity index (χ4v) is 2.56. The molecule has 0 spiro atoms. The smallest absolute Gasteiger partial charge is 0.120 e. The lowest BCUT2D eigenvalue weighted by molar-refractivity contribution is 0.413. The molecule has 2 nitrogen and oxygen atoms in total. The van der Waals surface area contributed by atoms with Gasteiger partial charge in [0, 0.05) is 17.6 Å². The number of nitrogens with one attached hydrogen (secondary N) is 1. The van der Waals surface area contributed by atoms with Gasteiger partial charge in [-0.25, -0.2) is 0 Å². The maximum atomic E-state index is 9.92. The Balaban J connectivity index is 1.93. The number of aryl methyl sites for hydroxylation is 1. The lowest BCUT2D eigenvalue weighted by Crippen LogP contribution is -2.26. The van der Waals surface area contributed by atoms with Gasteiger partial charge in [-0.1, -0.05) is 12.1 Å². The predicted molar refractivity (Wildman–Crippen MR) is 59.9 cm³/mol. The molecule has 1 aromatic carbocycles. The number of benzene rings is 1. The highest BCUT2D eigenvalue weighted by Gasteiger charge is 2.29. The van der Waals surface area contributed by atoms with Gasteiger partial charge in [-0.15, -0.1) is 0 Å². The van der Waals surface area contributed by atoms with Gasteiger partial charge in [0.25, 0.3) is 0 Å². The fourth-order valence-electron chi connectivity index (χ4n) is 2.56. The molecule has 0 radical (unpaired) electrons. The van der Waals surface area contributed by atoms with Crippen molar-refractivity contribution in [1.82, 2.24) is 5.32 Å². The molecule has 2 aliphatic rings. The second kappa shape index (κ2) is 3.53. The van der Waals surface area contributed by atoms with Crippen molar-refractivity contribution in [3.05, 3.63) is 29.3 Å². The van der Waals surface area contributed by atoms with Crippen molar-refractivity contribution in [2.45, 2.75) is 44.2 Å². The summed E-state index contributed by atoms with van der Waals surface area (Å²) in [4.78, 5) is 0. The summed E-state index contributed by atoms with van der Waals surface area (Å²) in [5.74, 6) is 0.477. The standard InChI is InChI=1S/C13H17NO/c15-12-6-2-4-9-3-1-5-11(13(9)12)14-10-7-8-10/h2,4,6,10-11,14-15H,1,3,5,7-8H2. The summed E-state index contributed by atoms with van der Waals surface area (Å²) in [6, 6.07) is 7.01. The molecule has 2 aliphatic carbocycles. The second-order valence-corrected chi connectivity index (χ2v) is 4.74. The van der Waals surface area contributed by atoms with E-state index in [4.69, 9.17) is 0 Å². The Morgan fingerprint density at radius 1 is 1.20 bits per heavy atom. The van der Waals surface area contributed by atoms with E-state index in [1.165, 1.54) is 31.2 Å². The van der Waals surface area contributed by atoms with Crippen LogP contribution >= 0.6 is 0 Å². The Hall–Kier alpha value is -1.02. The van der Waals surface area contributed by atoms with Crippen molar-refractivity contribution in [3.8, 4) is 5.75 Å². The van der Waals surface area contributed by atoms with E-state index in [0.717, 1.165) is 12.0 Å². The van der Waals surface area contributed by atoms with Crippen molar-refractivity contribution in [1.29, 1.82) is 0 Å². The molecule has 3 rings (SSSR count). The van der Waals surface area contributed by atoms with Gasteiger partial charge >= 0.3 is 0 Å². The van der Waals surface area contributed by atoms with Gasteiger partial charge in [0.1, 0.15) is 5.75 Å². The molecule has 0 heterocycles. The molecule has 0 amide bonds. The van der Waals surface area contributed by atoms with Crippen LogP contribution < -0.4 is 5.32 Å². The fraction of sp³-hybridized carbons (Fsp3) is 0.538. The minimum atomic E-state index is 0.391. The Morgan fingerprint density at radius 2 is 2.07 bits per heavy atom. The Labute approximate surface area is 90.3 Å². The van der Waals surface area contributed by atoms with Crippen LogP contribution in [0.3, 0.4) is 0 Å². The molecule has 1 atom stereocenters. The van der Waals surface area contributed by atoms with Crippen molar-refractivity contribution < 1.29 is 5.11 Å². The van der Waals surface area contributed by atoms with Gasteiger partial charge in [0.05, 0.1) is 0 Å². The summed E-state index contributed by atoms with van der Waals surface area (Å²) in [5, 5.41) is 13.5. The molecule has 0 saturated heterocycles. The van der Waals surface area contributed by atoms with Crippen LogP contribution in [0.4, 0.5) is 0 Å². The number of phenols is 1. The highest BCUT2D eigenvalue weighted by atomic mass is 16.3. The second-order valence-electron chi connectivity index (χ2n) is 4.74. The van der Waals surface area contributed by atoms with Crippen molar-refractivity contribution in [2.24, 2.45) is 0 Å². The third-order valence-electron chi connectivity index (χ3n) is 3.48. The van der Waals surface area contributed by atoms with E-state index in [9.17, 15) is 5.11 Å². The molecular formula is C13H17NO. The van der Waals surface area contributed by atoms with E-state index in [-0.39, 0.29) is 0 Å². The quantitative estimate of drug-likeness (QED) is 0.774. The van der Waals surface area contributed by atoms with E-state index in [1.807, 2.05) is 12.1 Å². The topological polar surface area (TPSA) is 32.3 Å². The SMILES string of the molecule is Oc1cccc2c1C(NC1CC1)CCC2. The van der Waals surface area contributed by atoms with E-state index < -0.39 is 0 Å². The Kier molecular flexibility index (Phi) is 2.17. The lowest BCUT2D eigenvalue weighted by Gasteiger charge is -2.27. The van der Waals surface area contributed by atoms with Crippen LogP contribution in [0, 0.1) is 0 Å². The summed E-state index contributed by atoms with van der Waals surface area (Å²) in [5.41, 5.74) is 2.50. The Morgan fingerprint density at radius 3 is 2.87 bits per heavy atom. The van der Waals surface area contributed by atoms with Crippen LogP contribution in [-0.2, 0) is 6.42 Å². The molecule has 1 unspecified atom stereocenters. The zero-order chi connectivity index (χ0) is 10.3.